The van der Waals surface area contributed by atoms with E-state index in [2.05, 4.69) is 30.9 Å². The standard InChI is InChI=1S/C16H21NO2/c1-16(2)9-11-10-17(15(16)8-14(11)18)12-4-6-13(19-3)7-5-12/h4-7,11,15H,8-10H2,1-3H3/t11-,15?/m0/s1. The number of ether oxygens (including phenoxy) is 1. The van der Waals surface area contributed by atoms with Gasteiger partial charge in [-0.3, -0.25) is 4.79 Å². The predicted molar refractivity (Wildman–Crippen MR) is 75.6 cm³/mol. The van der Waals surface area contributed by atoms with Gasteiger partial charge in [-0.1, -0.05) is 13.8 Å². The number of benzene rings is 1. The molecule has 0 radical (unpaired) electrons. The minimum atomic E-state index is 0.210. The third kappa shape index (κ3) is 2.01. The van der Waals surface area contributed by atoms with E-state index < -0.39 is 0 Å². The smallest absolute Gasteiger partial charge is 0.139 e. The molecule has 2 atom stereocenters. The van der Waals surface area contributed by atoms with Crippen molar-refractivity contribution in [2.24, 2.45) is 11.3 Å². The molecule has 2 heterocycles. The number of carbonyl (C=O) groups excluding carboxylic acids is 1. The van der Waals surface area contributed by atoms with Crippen LogP contribution in [0, 0.1) is 11.3 Å². The Morgan fingerprint density at radius 2 is 1.95 bits per heavy atom. The van der Waals surface area contributed by atoms with E-state index in [4.69, 9.17) is 4.74 Å². The first kappa shape index (κ1) is 12.5. The van der Waals surface area contributed by atoms with E-state index in [9.17, 15) is 4.79 Å². The Morgan fingerprint density at radius 3 is 2.53 bits per heavy atom. The summed E-state index contributed by atoms with van der Waals surface area (Å²) >= 11 is 0. The predicted octanol–water partition coefficient (Wildman–Crippen LogP) is 2.89. The number of piperidine rings is 2. The zero-order valence-corrected chi connectivity index (χ0v) is 11.8. The summed E-state index contributed by atoms with van der Waals surface area (Å²) < 4.78 is 5.20. The van der Waals surface area contributed by atoms with Gasteiger partial charge in [-0.15, -0.1) is 0 Å². The quantitative estimate of drug-likeness (QED) is 0.818. The summed E-state index contributed by atoms with van der Waals surface area (Å²) in [6.45, 7) is 5.44. The molecule has 0 amide bonds. The normalized spacial score (nSPS) is 28.6. The van der Waals surface area contributed by atoms with Crippen molar-refractivity contribution in [2.75, 3.05) is 18.6 Å². The number of nitrogens with zero attached hydrogens (tertiary/aromatic N) is 1. The van der Waals surface area contributed by atoms with Crippen molar-refractivity contribution in [2.45, 2.75) is 32.7 Å². The molecular formula is C16H21NO2. The summed E-state index contributed by atoms with van der Waals surface area (Å²) in [7, 11) is 1.68. The molecule has 3 fully saturated rings. The van der Waals surface area contributed by atoms with Gasteiger partial charge in [0.1, 0.15) is 11.5 Å². The van der Waals surface area contributed by atoms with E-state index in [0.717, 1.165) is 18.7 Å². The summed E-state index contributed by atoms with van der Waals surface area (Å²) in [5.74, 6) is 1.54. The molecular weight excluding hydrogens is 238 g/mol. The Kier molecular flexibility index (Phi) is 2.80. The van der Waals surface area contributed by atoms with Crippen LogP contribution in [-0.4, -0.2) is 25.5 Å². The summed E-state index contributed by atoms with van der Waals surface area (Å²) in [4.78, 5) is 14.4. The van der Waals surface area contributed by atoms with E-state index in [1.54, 1.807) is 7.11 Å². The van der Waals surface area contributed by atoms with Gasteiger partial charge in [0.15, 0.2) is 0 Å². The molecule has 1 unspecified atom stereocenters. The number of carbonyl (C=O) groups is 1. The molecule has 102 valence electrons. The van der Waals surface area contributed by atoms with Crippen molar-refractivity contribution < 1.29 is 9.53 Å². The van der Waals surface area contributed by atoms with Crippen LogP contribution >= 0.6 is 0 Å². The van der Waals surface area contributed by atoms with Gasteiger partial charge in [-0.2, -0.15) is 0 Å². The lowest BCUT2D eigenvalue weighted by atomic mass is 9.64. The van der Waals surface area contributed by atoms with Gasteiger partial charge in [-0.05, 0) is 36.1 Å². The first-order chi connectivity index (χ1) is 9.01. The van der Waals surface area contributed by atoms with Crippen LogP contribution in [0.4, 0.5) is 5.69 Å². The highest BCUT2D eigenvalue weighted by molar-refractivity contribution is 5.85. The van der Waals surface area contributed by atoms with E-state index >= 15 is 0 Å². The molecule has 0 spiro atoms. The number of Topliss-reactive ketones (excluding diaryl/α,β-unsaturated/α-hetero) is 1. The Hall–Kier alpha value is -1.51. The zero-order chi connectivity index (χ0) is 13.6. The van der Waals surface area contributed by atoms with Crippen molar-refractivity contribution in [1.29, 1.82) is 0 Å². The number of fused-ring (bicyclic) bond motifs is 3. The summed E-state index contributed by atoms with van der Waals surface area (Å²) in [5, 5.41) is 0. The van der Waals surface area contributed by atoms with Crippen molar-refractivity contribution in [1.82, 2.24) is 0 Å². The van der Waals surface area contributed by atoms with Crippen LogP contribution in [0.15, 0.2) is 24.3 Å². The molecule has 1 aromatic rings. The molecule has 2 bridgehead atoms. The van der Waals surface area contributed by atoms with E-state index in [-0.39, 0.29) is 11.3 Å². The molecule has 3 aliphatic rings. The van der Waals surface area contributed by atoms with E-state index in [0.29, 0.717) is 18.2 Å². The Bertz CT molecular complexity index is 492. The van der Waals surface area contributed by atoms with Gasteiger partial charge in [0.05, 0.1) is 7.11 Å². The SMILES string of the molecule is COc1ccc(N2C[C@@H]3CC(C)(C)C2CC3=O)cc1. The number of rotatable bonds is 2. The summed E-state index contributed by atoms with van der Waals surface area (Å²) in [5.41, 5.74) is 1.42. The molecule has 1 aliphatic carbocycles. The lowest BCUT2D eigenvalue weighted by Gasteiger charge is -2.54. The largest absolute Gasteiger partial charge is 0.497 e. The Balaban J connectivity index is 1.90. The number of methoxy groups -OCH3 is 1. The lowest BCUT2D eigenvalue weighted by Crippen LogP contribution is -2.60. The maximum atomic E-state index is 12.0. The molecule has 3 heteroatoms. The first-order valence-corrected chi connectivity index (χ1v) is 6.95. The molecule has 4 rings (SSSR count). The Labute approximate surface area is 114 Å². The molecule has 1 saturated carbocycles. The molecule has 2 saturated heterocycles. The number of anilines is 1. The highest BCUT2D eigenvalue weighted by Crippen LogP contribution is 2.46. The van der Waals surface area contributed by atoms with Gasteiger partial charge >= 0.3 is 0 Å². The molecule has 3 nitrogen and oxygen atoms in total. The van der Waals surface area contributed by atoms with Gasteiger partial charge in [0.25, 0.3) is 0 Å². The van der Waals surface area contributed by atoms with Crippen molar-refractivity contribution in [3.8, 4) is 5.75 Å². The molecule has 0 N–H and O–H groups in total. The third-order valence-electron chi connectivity index (χ3n) is 4.72. The minimum absolute atomic E-state index is 0.210. The van der Waals surface area contributed by atoms with Crippen LogP contribution in [0.2, 0.25) is 0 Å². The maximum absolute atomic E-state index is 12.0. The van der Waals surface area contributed by atoms with Crippen molar-refractivity contribution in [3.63, 3.8) is 0 Å². The second-order valence-corrected chi connectivity index (χ2v) is 6.43. The van der Waals surface area contributed by atoms with E-state index in [1.165, 1.54) is 5.69 Å². The Morgan fingerprint density at radius 1 is 1.26 bits per heavy atom. The number of ketones is 1. The highest BCUT2D eigenvalue weighted by Gasteiger charge is 2.49. The average Bonchev–Trinajstić information content (AvgIpc) is 2.39. The number of hydrogen-bond acceptors (Lipinski definition) is 3. The van der Waals surface area contributed by atoms with Gasteiger partial charge in [0, 0.05) is 30.6 Å². The second-order valence-electron chi connectivity index (χ2n) is 6.43. The van der Waals surface area contributed by atoms with Crippen LogP contribution in [0.1, 0.15) is 26.7 Å². The van der Waals surface area contributed by atoms with Crippen LogP contribution in [0.25, 0.3) is 0 Å². The molecule has 0 aromatic heterocycles. The fourth-order valence-corrected chi connectivity index (χ4v) is 3.64. The van der Waals surface area contributed by atoms with Crippen molar-refractivity contribution >= 4 is 11.5 Å². The van der Waals surface area contributed by atoms with Gasteiger partial charge in [-0.25, -0.2) is 0 Å². The topological polar surface area (TPSA) is 29.5 Å². The third-order valence-corrected chi connectivity index (χ3v) is 4.72. The van der Waals surface area contributed by atoms with E-state index in [1.807, 2.05) is 12.1 Å². The van der Waals surface area contributed by atoms with Crippen molar-refractivity contribution in [3.05, 3.63) is 24.3 Å². The number of hydrogen-bond donors (Lipinski definition) is 0. The lowest BCUT2D eigenvalue weighted by molar-refractivity contribution is -0.130. The fraction of sp³-hybridized carbons (Fsp3) is 0.562. The van der Waals surface area contributed by atoms with Crippen LogP contribution in [-0.2, 0) is 4.79 Å². The highest BCUT2D eigenvalue weighted by atomic mass is 16.5. The first-order valence-electron chi connectivity index (χ1n) is 6.95. The van der Waals surface area contributed by atoms with Gasteiger partial charge in [0.2, 0.25) is 0 Å². The molecule has 2 aliphatic heterocycles. The zero-order valence-electron chi connectivity index (χ0n) is 11.8. The minimum Gasteiger partial charge on any atom is -0.497 e. The summed E-state index contributed by atoms with van der Waals surface area (Å²) in [6.07, 6.45) is 1.73. The fourth-order valence-electron chi connectivity index (χ4n) is 3.64. The average molecular weight is 259 g/mol. The van der Waals surface area contributed by atoms with Crippen LogP contribution in [0.5, 0.6) is 5.75 Å². The summed E-state index contributed by atoms with van der Waals surface area (Å²) in [6, 6.07) is 8.51. The van der Waals surface area contributed by atoms with Crippen LogP contribution in [0.3, 0.4) is 0 Å². The van der Waals surface area contributed by atoms with Gasteiger partial charge < -0.3 is 9.64 Å². The maximum Gasteiger partial charge on any atom is 0.139 e. The molecule has 1 aromatic carbocycles. The molecule has 19 heavy (non-hydrogen) atoms. The monoisotopic (exact) mass is 259 g/mol. The van der Waals surface area contributed by atoms with Crippen LogP contribution < -0.4 is 9.64 Å². The second kappa shape index (κ2) is 4.26.